The standard InChI is InChI=1S/C22H22N2O4/c1-13-8-7-9-14(12-13)18-16-17(22(2,23-18)21(27)28-3)20(26)24(19(16)25)15-10-5-4-6-11-15/h4-12,16-18,23H,1-3H3/t16-,17+,18+,22+/m0/s1. The monoisotopic (exact) mass is 378 g/mol. The minimum absolute atomic E-state index is 0.298. The smallest absolute Gasteiger partial charge is 0.326 e. The van der Waals surface area contributed by atoms with Crippen molar-refractivity contribution < 1.29 is 19.1 Å². The van der Waals surface area contributed by atoms with E-state index in [-0.39, 0.29) is 11.8 Å². The first-order valence-electron chi connectivity index (χ1n) is 9.24. The fourth-order valence-corrected chi connectivity index (χ4v) is 4.52. The Labute approximate surface area is 163 Å². The minimum atomic E-state index is -1.29. The molecule has 6 nitrogen and oxygen atoms in total. The lowest BCUT2D eigenvalue weighted by Gasteiger charge is -2.28. The average molecular weight is 378 g/mol. The lowest BCUT2D eigenvalue weighted by atomic mass is 9.80. The van der Waals surface area contributed by atoms with Crippen LogP contribution in [0.1, 0.15) is 24.1 Å². The highest BCUT2D eigenvalue weighted by Crippen LogP contribution is 2.49. The molecule has 2 aromatic carbocycles. The summed E-state index contributed by atoms with van der Waals surface area (Å²) in [4.78, 5) is 40.6. The van der Waals surface area contributed by atoms with E-state index in [2.05, 4.69) is 5.32 Å². The lowest BCUT2D eigenvalue weighted by Crippen LogP contribution is -2.54. The highest BCUT2D eigenvalue weighted by Gasteiger charge is 2.67. The van der Waals surface area contributed by atoms with Gasteiger partial charge in [-0.2, -0.15) is 0 Å². The Morgan fingerprint density at radius 2 is 1.79 bits per heavy atom. The maximum absolute atomic E-state index is 13.4. The van der Waals surface area contributed by atoms with Gasteiger partial charge in [-0.3, -0.25) is 19.7 Å². The van der Waals surface area contributed by atoms with Crippen molar-refractivity contribution in [3.8, 4) is 0 Å². The number of carbonyl (C=O) groups excluding carboxylic acids is 3. The molecule has 4 atom stereocenters. The van der Waals surface area contributed by atoms with Crippen LogP contribution in [0.25, 0.3) is 0 Å². The van der Waals surface area contributed by atoms with Crippen molar-refractivity contribution in [2.24, 2.45) is 11.8 Å². The fraction of sp³-hybridized carbons (Fsp3) is 0.318. The first kappa shape index (κ1) is 18.4. The molecule has 6 heteroatoms. The van der Waals surface area contributed by atoms with Crippen LogP contribution in [0.2, 0.25) is 0 Å². The molecule has 0 radical (unpaired) electrons. The van der Waals surface area contributed by atoms with E-state index in [1.54, 1.807) is 31.2 Å². The Bertz CT molecular complexity index is 958. The van der Waals surface area contributed by atoms with Crippen molar-refractivity contribution in [3.63, 3.8) is 0 Å². The molecule has 0 unspecified atom stereocenters. The highest BCUT2D eigenvalue weighted by molar-refractivity contribution is 6.24. The van der Waals surface area contributed by atoms with Gasteiger partial charge in [-0.15, -0.1) is 0 Å². The molecule has 2 aliphatic rings. The second-order valence-electron chi connectivity index (χ2n) is 7.58. The molecule has 2 heterocycles. The molecular weight excluding hydrogens is 356 g/mol. The molecule has 0 aliphatic carbocycles. The number of fused-ring (bicyclic) bond motifs is 1. The van der Waals surface area contributed by atoms with Gasteiger partial charge in [0.15, 0.2) is 0 Å². The number of nitrogens with one attached hydrogen (secondary N) is 1. The van der Waals surface area contributed by atoms with Crippen molar-refractivity contribution in [3.05, 3.63) is 65.7 Å². The molecule has 4 rings (SSSR count). The number of hydrogen-bond acceptors (Lipinski definition) is 5. The van der Waals surface area contributed by atoms with Crippen LogP contribution in [0, 0.1) is 18.8 Å². The van der Waals surface area contributed by atoms with Crippen molar-refractivity contribution in [1.29, 1.82) is 0 Å². The first-order valence-corrected chi connectivity index (χ1v) is 9.24. The number of carbonyl (C=O) groups is 3. The van der Waals surface area contributed by atoms with Crippen LogP contribution in [0.3, 0.4) is 0 Å². The minimum Gasteiger partial charge on any atom is -0.468 e. The van der Waals surface area contributed by atoms with Gasteiger partial charge in [0, 0.05) is 6.04 Å². The summed E-state index contributed by atoms with van der Waals surface area (Å²) in [7, 11) is 1.29. The van der Waals surface area contributed by atoms with Gasteiger partial charge in [0.1, 0.15) is 5.54 Å². The Morgan fingerprint density at radius 3 is 2.43 bits per heavy atom. The van der Waals surface area contributed by atoms with Crippen LogP contribution < -0.4 is 10.2 Å². The van der Waals surface area contributed by atoms with Gasteiger partial charge in [-0.05, 0) is 31.5 Å². The van der Waals surface area contributed by atoms with E-state index in [0.29, 0.717) is 5.69 Å². The van der Waals surface area contributed by atoms with Crippen molar-refractivity contribution in [2.75, 3.05) is 12.0 Å². The Balaban J connectivity index is 1.84. The van der Waals surface area contributed by atoms with Crippen LogP contribution in [0.5, 0.6) is 0 Å². The van der Waals surface area contributed by atoms with Gasteiger partial charge in [0.05, 0.1) is 24.6 Å². The van der Waals surface area contributed by atoms with Gasteiger partial charge in [-0.25, -0.2) is 4.90 Å². The van der Waals surface area contributed by atoms with E-state index in [1.807, 2.05) is 37.3 Å². The van der Waals surface area contributed by atoms with E-state index in [0.717, 1.165) is 11.1 Å². The van der Waals surface area contributed by atoms with Crippen LogP contribution in [0.4, 0.5) is 5.69 Å². The van der Waals surface area contributed by atoms with Crippen LogP contribution >= 0.6 is 0 Å². The van der Waals surface area contributed by atoms with E-state index < -0.39 is 29.4 Å². The third kappa shape index (κ3) is 2.56. The third-order valence-electron chi connectivity index (χ3n) is 5.81. The number of anilines is 1. The largest absolute Gasteiger partial charge is 0.468 e. The molecule has 0 saturated carbocycles. The molecule has 144 valence electrons. The number of para-hydroxylation sites is 1. The predicted molar refractivity (Wildman–Crippen MR) is 103 cm³/mol. The fourth-order valence-electron chi connectivity index (χ4n) is 4.52. The number of benzene rings is 2. The summed E-state index contributed by atoms with van der Waals surface area (Å²) >= 11 is 0. The number of imide groups is 1. The molecule has 2 aromatic rings. The maximum atomic E-state index is 13.4. The van der Waals surface area contributed by atoms with E-state index in [9.17, 15) is 14.4 Å². The molecular formula is C22H22N2O4. The number of rotatable bonds is 3. The molecule has 2 fully saturated rings. The highest BCUT2D eigenvalue weighted by atomic mass is 16.5. The van der Waals surface area contributed by atoms with E-state index >= 15 is 0 Å². The number of esters is 1. The Morgan fingerprint density at radius 1 is 1.07 bits per heavy atom. The zero-order valence-corrected chi connectivity index (χ0v) is 16.0. The summed E-state index contributed by atoms with van der Waals surface area (Å²) in [5.74, 6) is -2.74. The number of ether oxygens (including phenoxy) is 1. The summed E-state index contributed by atoms with van der Waals surface area (Å²) in [5, 5.41) is 3.25. The average Bonchev–Trinajstić information content (AvgIpc) is 3.16. The summed E-state index contributed by atoms with van der Waals surface area (Å²) in [6, 6.07) is 16.1. The summed E-state index contributed by atoms with van der Waals surface area (Å²) in [5.41, 5.74) is 1.14. The molecule has 0 aromatic heterocycles. The number of hydrogen-bond donors (Lipinski definition) is 1. The zero-order valence-electron chi connectivity index (χ0n) is 16.0. The van der Waals surface area contributed by atoms with Crippen molar-refractivity contribution in [2.45, 2.75) is 25.4 Å². The number of nitrogens with zero attached hydrogens (tertiary/aromatic N) is 1. The quantitative estimate of drug-likeness (QED) is 0.656. The predicted octanol–water partition coefficient (Wildman–Crippen LogP) is 2.38. The number of aryl methyl sites for hydroxylation is 1. The topological polar surface area (TPSA) is 75.7 Å². The Hall–Kier alpha value is -2.99. The molecule has 2 saturated heterocycles. The molecule has 2 amide bonds. The van der Waals surface area contributed by atoms with Gasteiger partial charge in [0.2, 0.25) is 11.8 Å². The van der Waals surface area contributed by atoms with Crippen molar-refractivity contribution >= 4 is 23.5 Å². The summed E-state index contributed by atoms with van der Waals surface area (Å²) < 4.78 is 4.99. The van der Waals surface area contributed by atoms with Gasteiger partial charge in [-0.1, -0.05) is 48.0 Å². The third-order valence-corrected chi connectivity index (χ3v) is 5.81. The van der Waals surface area contributed by atoms with Crippen LogP contribution in [0.15, 0.2) is 54.6 Å². The zero-order chi connectivity index (χ0) is 20.1. The molecule has 0 spiro atoms. The molecule has 0 bridgehead atoms. The molecule has 1 N–H and O–H groups in total. The molecule has 2 aliphatic heterocycles. The molecule has 28 heavy (non-hydrogen) atoms. The maximum Gasteiger partial charge on any atom is 0.326 e. The lowest BCUT2D eigenvalue weighted by molar-refractivity contribution is -0.151. The normalized spacial score (nSPS) is 29.1. The second kappa shape index (κ2) is 6.56. The van der Waals surface area contributed by atoms with Crippen LogP contribution in [-0.4, -0.2) is 30.4 Å². The number of methoxy groups -OCH3 is 1. The second-order valence-corrected chi connectivity index (χ2v) is 7.58. The number of amides is 2. The van der Waals surface area contributed by atoms with E-state index in [1.165, 1.54) is 12.0 Å². The van der Waals surface area contributed by atoms with Gasteiger partial charge >= 0.3 is 5.97 Å². The van der Waals surface area contributed by atoms with E-state index in [4.69, 9.17) is 4.74 Å². The van der Waals surface area contributed by atoms with Crippen LogP contribution in [-0.2, 0) is 19.1 Å². The SMILES string of the molecule is COC(=O)[C@]1(C)N[C@H](c2cccc(C)c2)[C@H]2C(=O)N(c3ccccc3)C(=O)[C@@H]21. The summed E-state index contributed by atoms with van der Waals surface area (Å²) in [6.07, 6.45) is 0. The van der Waals surface area contributed by atoms with Gasteiger partial charge in [0.25, 0.3) is 0 Å². The summed E-state index contributed by atoms with van der Waals surface area (Å²) in [6.45, 7) is 3.61. The first-order chi connectivity index (χ1) is 13.4. The Kier molecular flexibility index (Phi) is 4.31. The van der Waals surface area contributed by atoms with Crippen molar-refractivity contribution in [1.82, 2.24) is 5.32 Å². The van der Waals surface area contributed by atoms with Gasteiger partial charge < -0.3 is 4.74 Å².